The molecular formula is C9H8BrN3S. The van der Waals surface area contributed by atoms with Gasteiger partial charge in [-0.3, -0.25) is 0 Å². The molecule has 0 radical (unpaired) electrons. The van der Waals surface area contributed by atoms with E-state index in [-0.39, 0.29) is 0 Å². The van der Waals surface area contributed by atoms with Gasteiger partial charge in [-0.25, -0.2) is 0 Å². The highest BCUT2D eigenvalue weighted by atomic mass is 79.9. The lowest BCUT2D eigenvalue weighted by Gasteiger charge is -2.00. The number of rotatable bonds is 2. The molecule has 1 aliphatic rings. The molecule has 2 aromatic heterocycles. The molecule has 5 heteroatoms. The van der Waals surface area contributed by atoms with Crippen molar-refractivity contribution in [3.05, 3.63) is 22.2 Å². The van der Waals surface area contributed by atoms with E-state index in [0.717, 1.165) is 9.61 Å². The van der Waals surface area contributed by atoms with Gasteiger partial charge in [0, 0.05) is 6.04 Å². The quantitative estimate of drug-likeness (QED) is 0.839. The Bertz CT molecular complexity index is 458. The molecule has 3 rings (SSSR count). The van der Waals surface area contributed by atoms with Crippen LogP contribution in [0, 0.1) is 0 Å². The Labute approximate surface area is 93.9 Å². The molecule has 2 aromatic rings. The average molecular weight is 270 g/mol. The molecule has 2 heterocycles. The monoisotopic (exact) mass is 269 g/mol. The molecule has 3 nitrogen and oxygen atoms in total. The minimum Gasteiger partial charge on any atom is -0.310 e. The van der Waals surface area contributed by atoms with Crippen molar-refractivity contribution in [2.75, 3.05) is 0 Å². The van der Waals surface area contributed by atoms with Crippen LogP contribution in [0.2, 0.25) is 0 Å². The van der Waals surface area contributed by atoms with E-state index in [0.29, 0.717) is 6.04 Å². The highest BCUT2D eigenvalue weighted by Gasteiger charge is 2.26. The van der Waals surface area contributed by atoms with Gasteiger partial charge in [-0.15, -0.1) is 21.5 Å². The first-order valence-corrected chi connectivity index (χ1v) is 6.11. The summed E-state index contributed by atoms with van der Waals surface area (Å²) in [7, 11) is 0. The topological polar surface area (TPSA) is 30.7 Å². The Hall–Kier alpha value is -0.680. The van der Waals surface area contributed by atoms with Crippen LogP contribution in [0.4, 0.5) is 0 Å². The van der Waals surface area contributed by atoms with Gasteiger partial charge in [-0.1, -0.05) is 0 Å². The third kappa shape index (κ3) is 1.40. The molecular weight excluding hydrogens is 262 g/mol. The number of halogens is 1. The number of hydrogen-bond acceptors (Lipinski definition) is 3. The molecule has 1 saturated carbocycles. The van der Waals surface area contributed by atoms with Gasteiger partial charge in [0.2, 0.25) is 0 Å². The van der Waals surface area contributed by atoms with Crippen LogP contribution < -0.4 is 0 Å². The van der Waals surface area contributed by atoms with Crippen molar-refractivity contribution in [1.29, 1.82) is 0 Å². The van der Waals surface area contributed by atoms with Crippen LogP contribution in [0.5, 0.6) is 0 Å². The van der Waals surface area contributed by atoms with E-state index in [9.17, 15) is 0 Å². The van der Waals surface area contributed by atoms with E-state index in [2.05, 4.69) is 36.8 Å². The smallest absolute Gasteiger partial charge is 0.174 e. The number of aromatic nitrogens is 3. The summed E-state index contributed by atoms with van der Waals surface area (Å²) in [5, 5.41) is 8.14. The lowest BCUT2D eigenvalue weighted by atomic mass is 10.4. The van der Waals surface area contributed by atoms with Crippen molar-refractivity contribution >= 4 is 27.3 Å². The Kier molecular flexibility index (Phi) is 1.95. The minimum atomic E-state index is 0.640. The molecule has 0 spiro atoms. The molecule has 72 valence electrons. The van der Waals surface area contributed by atoms with Crippen molar-refractivity contribution in [3.63, 3.8) is 0 Å². The maximum Gasteiger partial charge on any atom is 0.174 e. The summed E-state index contributed by atoms with van der Waals surface area (Å²) in [5.74, 6) is 1.00. The van der Waals surface area contributed by atoms with E-state index in [1.54, 1.807) is 11.3 Å². The number of thiophene rings is 1. The molecule has 0 unspecified atom stereocenters. The maximum atomic E-state index is 4.16. The number of nitrogens with zero attached hydrogens (tertiary/aromatic N) is 3. The van der Waals surface area contributed by atoms with Crippen molar-refractivity contribution in [1.82, 2.24) is 14.8 Å². The van der Waals surface area contributed by atoms with Crippen LogP contribution in [0.25, 0.3) is 10.7 Å². The molecule has 0 N–H and O–H groups in total. The van der Waals surface area contributed by atoms with Gasteiger partial charge >= 0.3 is 0 Å². The summed E-state index contributed by atoms with van der Waals surface area (Å²) in [6.07, 6.45) is 4.36. The standard InChI is InChI=1S/C9H8BrN3S/c10-8-4-3-7(14-8)9-12-11-5-13(9)6-1-2-6/h3-6H,1-2H2. The molecule has 0 atom stereocenters. The van der Waals surface area contributed by atoms with E-state index >= 15 is 0 Å². The molecule has 0 aromatic carbocycles. The van der Waals surface area contributed by atoms with Crippen LogP contribution >= 0.6 is 27.3 Å². The molecule has 0 amide bonds. The fraction of sp³-hybridized carbons (Fsp3) is 0.333. The van der Waals surface area contributed by atoms with Crippen molar-refractivity contribution in [2.45, 2.75) is 18.9 Å². The summed E-state index contributed by atoms with van der Waals surface area (Å²) in [6, 6.07) is 4.77. The minimum absolute atomic E-state index is 0.640. The van der Waals surface area contributed by atoms with E-state index in [4.69, 9.17) is 0 Å². The van der Waals surface area contributed by atoms with Gasteiger partial charge < -0.3 is 4.57 Å². The first-order valence-electron chi connectivity index (χ1n) is 4.50. The van der Waals surface area contributed by atoms with Crippen molar-refractivity contribution in [2.24, 2.45) is 0 Å². The maximum absolute atomic E-state index is 4.16. The number of hydrogen-bond donors (Lipinski definition) is 0. The fourth-order valence-electron chi connectivity index (χ4n) is 1.47. The molecule has 1 fully saturated rings. The lowest BCUT2D eigenvalue weighted by Crippen LogP contribution is -1.93. The van der Waals surface area contributed by atoms with Crippen molar-refractivity contribution in [3.8, 4) is 10.7 Å². The van der Waals surface area contributed by atoms with E-state index < -0.39 is 0 Å². The first kappa shape index (κ1) is 8.61. The highest BCUT2D eigenvalue weighted by Crippen LogP contribution is 2.39. The zero-order valence-electron chi connectivity index (χ0n) is 7.35. The van der Waals surface area contributed by atoms with E-state index in [1.807, 2.05) is 12.4 Å². The van der Waals surface area contributed by atoms with Crippen molar-refractivity contribution < 1.29 is 0 Å². The van der Waals surface area contributed by atoms with Crippen LogP contribution in [-0.4, -0.2) is 14.8 Å². The second kappa shape index (κ2) is 3.17. The van der Waals surface area contributed by atoms with Gasteiger partial charge in [0.25, 0.3) is 0 Å². The van der Waals surface area contributed by atoms with Crippen LogP contribution in [0.3, 0.4) is 0 Å². The molecule has 0 aliphatic heterocycles. The van der Waals surface area contributed by atoms with E-state index in [1.165, 1.54) is 17.7 Å². The SMILES string of the molecule is Brc1ccc(-c2nncn2C2CC2)s1. The average Bonchev–Trinajstić information content (AvgIpc) is 2.75. The van der Waals surface area contributed by atoms with Crippen LogP contribution in [-0.2, 0) is 0 Å². The summed E-state index contributed by atoms with van der Waals surface area (Å²) >= 11 is 5.15. The zero-order valence-corrected chi connectivity index (χ0v) is 9.75. The Balaban J connectivity index is 2.06. The molecule has 0 bridgehead atoms. The lowest BCUT2D eigenvalue weighted by molar-refractivity contribution is 0.747. The van der Waals surface area contributed by atoms with Gasteiger partial charge in [0.1, 0.15) is 6.33 Å². The summed E-state index contributed by atoms with van der Waals surface area (Å²) in [5.41, 5.74) is 0. The Morgan fingerprint density at radius 3 is 2.93 bits per heavy atom. The molecule has 1 aliphatic carbocycles. The zero-order chi connectivity index (χ0) is 9.54. The second-order valence-corrected chi connectivity index (χ2v) is 5.86. The van der Waals surface area contributed by atoms with Crippen LogP contribution in [0.15, 0.2) is 22.2 Å². The van der Waals surface area contributed by atoms with Gasteiger partial charge in [-0.05, 0) is 40.9 Å². The fourth-order valence-corrected chi connectivity index (χ4v) is 2.85. The normalized spacial score (nSPS) is 16.1. The Morgan fingerprint density at radius 1 is 1.43 bits per heavy atom. The third-order valence-electron chi connectivity index (χ3n) is 2.31. The van der Waals surface area contributed by atoms with Gasteiger partial charge in [-0.2, -0.15) is 0 Å². The largest absolute Gasteiger partial charge is 0.310 e. The summed E-state index contributed by atoms with van der Waals surface area (Å²) < 4.78 is 3.32. The summed E-state index contributed by atoms with van der Waals surface area (Å²) in [6.45, 7) is 0. The summed E-state index contributed by atoms with van der Waals surface area (Å²) in [4.78, 5) is 1.18. The predicted molar refractivity (Wildman–Crippen MR) is 59.3 cm³/mol. The predicted octanol–water partition coefficient (Wildman–Crippen LogP) is 3.10. The van der Waals surface area contributed by atoms with Gasteiger partial charge in [0.15, 0.2) is 5.82 Å². The first-order chi connectivity index (χ1) is 6.84. The third-order valence-corrected chi connectivity index (χ3v) is 3.93. The second-order valence-electron chi connectivity index (χ2n) is 3.40. The highest BCUT2D eigenvalue weighted by molar-refractivity contribution is 9.11. The van der Waals surface area contributed by atoms with Crippen LogP contribution in [0.1, 0.15) is 18.9 Å². The Morgan fingerprint density at radius 2 is 2.29 bits per heavy atom. The molecule has 0 saturated heterocycles. The van der Waals surface area contributed by atoms with Gasteiger partial charge in [0.05, 0.1) is 8.66 Å². The molecule has 14 heavy (non-hydrogen) atoms.